The second-order valence-electron chi connectivity index (χ2n) is 17.2. The Hall–Kier alpha value is -5.40. The number of hydrogen-bond donors (Lipinski definition) is 3. The minimum Gasteiger partial charge on any atom is -0.465 e. The van der Waals surface area contributed by atoms with Gasteiger partial charge in [-0.3, -0.25) is 28.5 Å². The van der Waals surface area contributed by atoms with Gasteiger partial charge < -0.3 is 29.4 Å². The molecule has 4 heterocycles. The van der Waals surface area contributed by atoms with E-state index >= 15 is 8.78 Å². The van der Waals surface area contributed by atoms with Crippen molar-refractivity contribution in [2.75, 3.05) is 13.2 Å². The molecule has 16 heteroatoms. The number of carbonyl (C=O) groups excluding carboxylic acids is 4. The Morgan fingerprint density at radius 2 is 1.71 bits per heavy atom. The summed E-state index contributed by atoms with van der Waals surface area (Å²) in [6.45, 7) is 3.58. The molecule has 3 aliphatic heterocycles. The molecule has 3 amide bonds. The van der Waals surface area contributed by atoms with Crippen LogP contribution < -0.4 is 20.5 Å². The highest BCUT2D eigenvalue weighted by Gasteiger charge is 2.59. The predicted octanol–water partition coefficient (Wildman–Crippen LogP) is 7.36. The average molecular weight is 872 g/mol. The highest BCUT2D eigenvalue weighted by Crippen LogP contribution is 2.63. The summed E-state index contributed by atoms with van der Waals surface area (Å²) in [5.41, 5.74) is -4.29. The van der Waals surface area contributed by atoms with E-state index in [0.717, 1.165) is 49.8 Å². The molecule has 328 valence electrons. The number of nitrogens with zero attached hydrogens (tertiary/aromatic N) is 2. The lowest BCUT2D eigenvalue weighted by Gasteiger charge is -2.37. The van der Waals surface area contributed by atoms with Crippen molar-refractivity contribution in [1.82, 2.24) is 25.2 Å². The molecule has 1 unspecified atom stereocenters. The zero-order chi connectivity index (χ0) is 43.8. The molecular weight excluding hydrogens is 820 g/mol. The van der Waals surface area contributed by atoms with Crippen molar-refractivity contribution in [3.8, 4) is 5.75 Å². The molecule has 3 N–H and O–H groups in total. The van der Waals surface area contributed by atoms with Crippen LogP contribution in [0.25, 0.3) is 10.8 Å². The fourth-order valence-electron chi connectivity index (χ4n) is 9.43. The van der Waals surface area contributed by atoms with Crippen LogP contribution in [0.3, 0.4) is 0 Å². The minimum atomic E-state index is -5.25. The molecule has 1 spiro atoms. The zero-order valence-corrected chi connectivity index (χ0v) is 35.7. The van der Waals surface area contributed by atoms with E-state index in [-0.39, 0.29) is 58.2 Å². The lowest BCUT2D eigenvalue weighted by molar-refractivity contribution is -0.148. The molecule has 6 atom stereocenters. The Labute approximate surface area is 358 Å². The van der Waals surface area contributed by atoms with E-state index in [1.807, 2.05) is 11.0 Å². The molecule has 1 aliphatic carbocycles. The van der Waals surface area contributed by atoms with E-state index in [1.165, 1.54) is 43.3 Å². The highest BCUT2D eigenvalue weighted by atomic mass is 31.2. The van der Waals surface area contributed by atoms with Crippen molar-refractivity contribution in [3.05, 3.63) is 112 Å². The largest absolute Gasteiger partial charge is 0.465 e. The van der Waals surface area contributed by atoms with Gasteiger partial charge >= 0.3 is 19.2 Å². The number of aromatic nitrogens is 1. The number of halogens is 2. The Morgan fingerprint density at radius 3 is 2.45 bits per heavy atom. The molecule has 3 saturated heterocycles. The van der Waals surface area contributed by atoms with Gasteiger partial charge in [0.05, 0.1) is 6.61 Å². The third kappa shape index (κ3) is 8.53. The molecule has 4 fully saturated rings. The van der Waals surface area contributed by atoms with Crippen LogP contribution in [0.5, 0.6) is 5.75 Å². The van der Waals surface area contributed by atoms with E-state index in [0.29, 0.717) is 44.0 Å². The van der Waals surface area contributed by atoms with Crippen molar-refractivity contribution >= 4 is 42.0 Å². The summed E-state index contributed by atoms with van der Waals surface area (Å²) in [6, 6.07) is 16.1. The lowest BCUT2D eigenvalue weighted by atomic mass is 9.96. The fourth-order valence-corrected chi connectivity index (χ4v) is 11.3. The van der Waals surface area contributed by atoms with Crippen LogP contribution in [-0.4, -0.2) is 81.3 Å². The molecule has 0 bridgehead atoms. The summed E-state index contributed by atoms with van der Waals surface area (Å²) in [7, 11) is -5.25. The summed E-state index contributed by atoms with van der Waals surface area (Å²) in [4.78, 5) is 74.0. The van der Waals surface area contributed by atoms with E-state index < -0.39 is 48.7 Å². The molecule has 4 aromatic rings. The van der Waals surface area contributed by atoms with Crippen LogP contribution in [0.15, 0.2) is 89.9 Å². The van der Waals surface area contributed by atoms with Crippen LogP contribution in [-0.2, 0) is 29.3 Å². The molecular formula is C46H52F2N5O8P. The van der Waals surface area contributed by atoms with E-state index in [4.69, 9.17) is 9.26 Å². The van der Waals surface area contributed by atoms with Crippen LogP contribution in [0.1, 0.15) is 105 Å². The van der Waals surface area contributed by atoms with Gasteiger partial charge in [-0.05, 0) is 111 Å². The maximum Gasteiger partial charge on any atom is 0.390 e. The van der Waals surface area contributed by atoms with Crippen LogP contribution in [0, 0.1) is 0 Å². The minimum absolute atomic E-state index is 0.0221. The van der Waals surface area contributed by atoms with Gasteiger partial charge in [0.15, 0.2) is 0 Å². The first-order chi connectivity index (χ1) is 29.7. The lowest BCUT2D eigenvalue weighted by Crippen LogP contribution is -2.57. The van der Waals surface area contributed by atoms with Gasteiger partial charge in [0.1, 0.15) is 23.9 Å². The summed E-state index contributed by atoms with van der Waals surface area (Å²) in [6.07, 6.45) is 8.48. The molecule has 1 aromatic heterocycles. The fraction of sp³-hybridized carbons (Fsp3) is 0.457. The predicted molar refractivity (Wildman–Crippen MR) is 228 cm³/mol. The maximum absolute atomic E-state index is 16.7. The first kappa shape index (κ1) is 43.3. The quantitative estimate of drug-likeness (QED) is 0.0919. The van der Waals surface area contributed by atoms with Crippen molar-refractivity contribution < 1.29 is 41.8 Å². The topological polar surface area (TPSA) is 167 Å². The van der Waals surface area contributed by atoms with Crippen LogP contribution in [0.2, 0.25) is 0 Å². The molecule has 62 heavy (non-hydrogen) atoms. The van der Waals surface area contributed by atoms with Crippen molar-refractivity contribution in [2.45, 2.75) is 119 Å². The van der Waals surface area contributed by atoms with Crippen LogP contribution >= 0.6 is 7.52 Å². The number of amides is 3. The molecule has 1 saturated carbocycles. The van der Waals surface area contributed by atoms with Gasteiger partial charge in [-0.25, -0.2) is 5.09 Å². The van der Waals surface area contributed by atoms with Crippen LogP contribution in [0.4, 0.5) is 8.78 Å². The number of para-hydroxylation sites is 1. The third-order valence-corrected chi connectivity index (χ3v) is 15.0. The Bertz CT molecular complexity index is 2460. The molecule has 3 aromatic carbocycles. The summed E-state index contributed by atoms with van der Waals surface area (Å²) >= 11 is 0. The summed E-state index contributed by atoms with van der Waals surface area (Å²) in [5, 5.41) is 5.93. The second kappa shape index (κ2) is 17.4. The number of hydrogen-bond acceptors (Lipinski definition) is 8. The number of rotatable bonds is 13. The first-order valence-electron chi connectivity index (χ1n) is 21.6. The first-order valence-corrected chi connectivity index (χ1v) is 23.2. The number of carbonyl (C=O) groups is 4. The van der Waals surface area contributed by atoms with Gasteiger partial charge in [-0.15, -0.1) is 0 Å². The number of alkyl halides is 2. The highest BCUT2D eigenvalue weighted by molar-refractivity contribution is 7.58. The average Bonchev–Trinajstić information content (AvgIpc) is 3.75. The normalized spacial score (nSPS) is 23.5. The van der Waals surface area contributed by atoms with E-state index in [9.17, 15) is 28.5 Å². The third-order valence-electron chi connectivity index (χ3n) is 12.9. The van der Waals surface area contributed by atoms with Gasteiger partial charge in [0.2, 0.25) is 17.4 Å². The van der Waals surface area contributed by atoms with Crippen molar-refractivity contribution in [3.63, 3.8) is 0 Å². The monoisotopic (exact) mass is 871 g/mol. The molecule has 4 aliphatic rings. The number of aromatic amines is 1. The van der Waals surface area contributed by atoms with Gasteiger partial charge in [-0.1, -0.05) is 56.2 Å². The molecule has 13 nitrogen and oxygen atoms in total. The number of ether oxygens (including phenoxy) is 1. The van der Waals surface area contributed by atoms with Crippen molar-refractivity contribution in [2.24, 2.45) is 0 Å². The Kier molecular flexibility index (Phi) is 12.1. The smallest absolute Gasteiger partial charge is 0.390 e. The van der Waals surface area contributed by atoms with E-state index in [1.54, 1.807) is 42.3 Å². The summed E-state index contributed by atoms with van der Waals surface area (Å²) in [5.74, 6) is -1.93. The number of H-pyrrole nitrogens is 1. The number of esters is 1. The number of nitrogens with one attached hydrogen (secondary N) is 3. The van der Waals surface area contributed by atoms with Gasteiger partial charge in [0, 0.05) is 47.4 Å². The zero-order valence-electron chi connectivity index (χ0n) is 34.8. The number of fused-ring (bicyclic) bond motifs is 2. The van der Waals surface area contributed by atoms with Gasteiger partial charge in [0.25, 0.3) is 5.91 Å². The Balaban J connectivity index is 1.01. The Morgan fingerprint density at radius 1 is 0.952 bits per heavy atom. The number of benzene rings is 3. The van der Waals surface area contributed by atoms with Gasteiger partial charge in [-0.2, -0.15) is 8.78 Å². The van der Waals surface area contributed by atoms with E-state index in [2.05, 4.69) is 15.4 Å². The molecule has 8 rings (SSSR count). The SMILES string of the molecule is CCCOC(=O)[C@H](C)NP(=O)(Oc1ccccc1)C(F)(F)c1ccc2ccc(C(=O)N[C@H]3CCCC[C@H]4CC[C@@H](C(=O)N5C[C@H](c6cc[nH]c(=O)c6)CC56CC6)N4C3=O)cc2c1. The molecule has 0 radical (unpaired) electrons. The summed E-state index contributed by atoms with van der Waals surface area (Å²) < 4.78 is 58.3. The standard InChI is InChI=1S/C46H52F2N5O8P/c1-3-23-60-44(58)29(2)51-62(59,61-37-10-5-4-6-11-37)46(47,48)35-16-15-30-13-14-32(24-33(30)25-35)41(55)50-38-12-8-7-9-36-17-18-39(53(36)42(38)56)43(57)52-28-34(27-45(52)20-21-45)31-19-22-49-40(54)26-31/h4-6,10-11,13-16,19,22,24-26,29,34,36,38-39H,3,7-9,12,17-18,20-21,23,27-28H2,1-2H3,(H,49,54)(H,50,55)(H,51,59)/t29-,34+,36-,38-,39-,62?/m0/s1. The number of likely N-dealkylation sites (tertiary alicyclic amines) is 1. The second-order valence-corrected chi connectivity index (χ2v) is 19.3. The van der Waals surface area contributed by atoms with Crippen molar-refractivity contribution in [1.29, 1.82) is 0 Å². The maximum atomic E-state index is 16.7. The number of pyridine rings is 1.